The fourth-order valence-corrected chi connectivity index (χ4v) is 4.48. The number of aromatic hydroxyl groups is 1. The Balaban J connectivity index is 1.60. The lowest BCUT2D eigenvalue weighted by Gasteiger charge is -2.32. The molecule has 180 valence electrons. The van der Waals surface area contributed by atoms with Crippen molar-refractivity contribution in [2.45, 2.75) is 45.7 Å². The van der Waals surface area contributed by atoms with E-state index in [9.17, 15) is 27.9 Å². The maximum Gasteiger partial charge on any atom is 0.416 e. The van der Waals surface area contributed by atoms with E-state index in [2.05, 4.69) is 12.0 Å². The minimum atomic E-state index is -4.29. The van der Waals surface area contributed by atoms with Gasteiger partial charge in [-0.05, 0) is 50.2 Å². The summed E-state index contributed by atoms with van der Waals surface area (Å²) in [4.78, 5) is 28.7. The molecule has 33 heavy (non-hydrogen) atoms. The van der Waals surface area contributed by atoms with Gasteiger partial charge in [0, 0.05) is 32.2 Å². The third-order valence-corrected chi connectivity index (χ3v) is 6.57. The van der Waals surface area contributed by atoms with E-state index in [1.165, 1.54) is 17.0 Å². The molecule has 3 heterocycles. The highest BCUT2D eigenvalue weighted by Crippen LogP contribution is 2.36. The Morgan fingerprint density at radius 2 is 1.67 bits per heavy atom. The number of alkyl halides is 3. The number of aryl methyl sites for hydroxylation is 1. The summed E-state index contributed by atoms with van der Waals surface area (Å²) in [6.45, 7) is 4.80. The summed E-state index contributed by atoms with van der Waals surface area (Å²) in [6, 6.07) is 2.17. The van der Waals surface area contributed by atoms with Gasteiger partial charge >= 0.3 is 18.3 Å². The van der Waals surface area contributed by atoms with Gasteiger partial charge in [-0.1, -0.05) is 6.92 Å². The van der Waals surface area contributed by atoms with Gasteiger partial charge in [0.2, 0.25) is 0 Å². The molecule has 0 atom stereocenters. The van der Waals surface area contributed by atoms with Gasteiger partial charge in [-0.25, -0.2) is 9.59 Å². The highest BCUT2D eigenvalue weighted by Gasteiger charge is 2.42. The molecule has 2 aliphatic heterocycles. The number of phenols is 1. The molecule has 2 saturated heterocycles. The van der Waals surface area contributed by atoms with E-state index < -0.39 is 24.2 Å². The standard InChI is InChI=1S/C22H27F3N4O4/c1-13-3-7-28(8-4-13)21(32)33-19-18-14(2)11-16(30)12-17(18)29(26-19)20(31)27-9-5-15(6-10-27)22(23,24)25/h11-13,15,30H,3-10H2,1-2H3. The zero-order chi connectivity index (χ0) is 23.9. The van der Waals surface area contributed by atoms with Crippen molar-refractivity contribution < 1.29 is 32.6 Å². The number of likely N-dealkylation sites (tertiary alicyclic amines) is 2. The predicted molar refractivity (Wildman–Crippen MR) is 113 cm³/mol. The van der Waals surface area contributed by atoms with Crippen LogP contribution in [0.5, 0.6) is 11.6 Å². The number of ether oxygens (including phenoxy) is 1. The van der Waals surface area contributed by atoms with Gasteiger partial charge < -0.3 is 19.6 Å². The fourth-order valence-electron chi connectivity index (χ4n) is 4.48. The second-order valence-electron chi connectivity index (χ2n) is 9.00. The zero-order valence-corrected chi connectivity index (χ0v) is 18.6. The summed E-state index contributed by atoms with van der Waals surface area (Å²) in [6.07, 6.45) is -3.50. The molecule has 11 heteroatoms. The Kier molecular flexibility index (Phi) is 6.15. The lowest BCUT2D eigenvalue weighted by atomic mass is 9.96. The van der Waals surface area contributed by atoms with Crippen LogP contribution in [-0.2, 0) is 0 Å². The smallest absolute Gasteiger partial charge is 0.416 e. The third kappa shape index (κ3) is 4.72. The molecule has 2 aromatic rings. The maximum atomic E-state index is 13.1. The summed E-state index contributed by atoms with van der Waals surface area (Å²) in [7, 11) is 0. The van der Waals surface area contributed by atoms with E-state index in [4.69, 9.17) is 4.74 Å². The van der Waals surface area contributed by atoms with Crippen LogP contribution in [0.1, 0.15) is 38.2 Å². The number of carbonyl (C=O) groups is 2. The van der Waals surface area contributed by atoms with Crippen LogP contribution in [0.3, 0.4) is 0 Å². The molecule has 0 radical (unpaired) electrons. The van der Waals surface area contributed by atoms with Crippen molar-refractivity contribution in [2.75, 3.05) is 26.2 Å². The summed E-state index contributed by atoms with van der Waals surface area (Å²) in [5.41, 5.74) is 0.778. The number of carbonyl (C=O) groups excluding carboxylic acids is 2. The fraction of sp³-hybridized carbons (Fsp3) is 0.591. The number of benzene rings is 1. The van der Waals surface area contributed by atoms with Crippen LogP contribution < -0.4 is 4.74 Å². The molecule has 0 saturated carbocycles. The summed E-state index contributed by atoms with van der Waals surface area (Å²) >= 11 is 0. The topological polar surface area (TPSA) is 87.9 Å². The molecule has 0 unspecified atom stereocenters. The monoisotopic (exact) mass is 468 g/mol. The first-order chi connectivity index (χ1) is 15.5. The van der Waals surface area contributed by atoms with E-state index >= 15 is 0 Å². The third-order valence-electron chi connectivity index (χ3n) is 6.57. The summed E-state index contributed by atoms with van der Waals surface area (Å²) in [5.74, 6) is -1.08. The molecular weight excluding hydrogens is 441 g/mol. The van der Waals surface area contributed by atoms with Crippen LogP contribution in [0.2, 0.25) is 0 Å². The highest BCUT2D eigenvalue weighted by atomic mass is 19.4. The Morgan fingerprint density at radius 1 is 1.06 bits per heavy atom. The number of halogens is 3. The van der Waals surface area contributed by atoms with E-state index in [0.717, 1.165) is 17.5 Å². The normalized spacial score (nSPS) is 18.7. The maximum absolute atomic E-state index is 13.1. The van der Waals surface area contributed by atoms with E-state index in [1.54, 1.807) is 11.8 Å². The Bertz CT molecular complexity index is 1050. The van der Waals surface area contributed by atoms with Crippen LogP contribution in [0.15, 0.2) is 12.1 Å². The lowest BCUT2D eigenvalue weighted by Crippen LogP contribution is -2.44. The molecule has 2 fully saturated rings. The number of nitrogens with zero attached hydrogens (tertiary/aromatic N) is 4. The highest BCUT2D eigenvalue weighted by molar-refractivity contribution is 5.96. The van der Waals surface area contributed by atoms with Crippen molar-refractivity contribution in [3.05, 3.63) is 17.7 Å². The van der Waals surface area contributed by atoms with Crippen molar-refractivity contribution in [3.63, 3.8) is 0 Å². The minimum Gasteiger partial charge on any atom is -0.508 e. The van der Waals surface area contributed by atoms with Crippen molar-refractivity contribution in [2.24, 2.45) is 11.8 Å². The zero-order valence-electron chi connectivity index (χ0n) is 18.6. The van der Waals surface area contributed by atoms with E-state index in [1.807, 2.05) is 0 Å². The van der Waals surface area contributed by atoms with Gasteiger partial charge in [-0.3, -0.25) is 0 Å². The van der Waals surface area contributed by atoms with Gasteiger partial charge in [0.15, 0.2) is 0 Å². The van der Waals surface area contributed by atoms with Crippen LogP contribution in [0.25, 0.3) is 10.9 Å². The molecule has 1 aromatic heterocycles. The predicted octanol–water partition coefficient (Wildman–Crippen LogP) is 4.52. The minimum absolute atomic E-state index is 0.0651. The number of hydrogen-bond acceptors (Lipinski definition) is 5. The molecule has 2 amide bonds. The van der Waals surface area contributed by atoms with Crippen LogP contribution in [-0.4, -0.2) is 69.2 Å². The second-order valence-corrected chi connectivity index (χ2v) is 9.00. The first-order valence-corrected chi connectivity index (χ1v) is 11.1. The SMILES string of the molecule is Cc1cc(O)cc2c1c(OC(=O)N1CCC(C)CC1)nn2C(=O)N1CCC(C(F)(F)F)CC1. The van der Waals surface area contributed by atoms with E-state index in [-0.39, 0.29) is 43.1 Å². The number of piperidine rings is 2. The lowest BCUT2D eigenvalue weighted by molar-refractivity contribution is -0.183. The first kappa shape index (κ1) is 23.2. The average molecular weight is 468 g/mol. The Labute approximate surface area is 188 Å². The molecule has 4 rings (SSSR count). The van der Waals surface area contributed by atoms with Gasteiger partial charge in [0.05, 0.1) is 16.8 Å². The van der Waals surface area contributed by atoms with Crippen molar-refractivity contribution in [1.29, 1.82) is 0 Å². The number of phenolic OH excluding ortho intramolecular Hbond substituents is 1. The molecule has 0 aliphatic carbocycles. The van der Waals surface area contributed by atoms with Crippen molar-refractivity contribution in [1.82, 2.24) is 19.6 Å². The summed E-state index contributed by atoms with van der Waals surface area (Å²) in [5, 5.41) is 14.7. The number of hydrogen-bond donors (Lipinski definition) is 1. The molecule has 8 nitrogen and oxygen atoms in total. The van der Waals surface area contributed by atoms with Crippen molar-refractivity contribution in [3.8, 4) is 11.6 Å². The molecule has 1 N–H and O–H groups in total. The first-order valence-electron chi connectivity index (χ1n) is 11.1. The Morgan fingerprint density at radius 3 is 2.27 bits per heavy atom. The number of rotatable bonds is 1. The van der Waals surface area contributed by atoms with Gasteiger partial charge in [-0.2, -0.15) is 17.9 Å². The molecule has 0 spiro atoms. The van der Waals surface area contributed by atoms with Gasteiger partial charge in [0.25, 0.3) is 5.88 Å². The molecular formula is C22H27F3N4O4. The van der Waals surface area contributed by atoms with Gasteiger partial charge in [0.1, 0.15) is 5.75 Å². The largest absolute Gasteiger partial charge is 0.508 e. The van der Waals surface area contributed by atoms with E-state index in [0.29, 0.717) is 30.0 Å². The molecule has 1 aromatic carbocycles. The van der Waals surface area contributed by atoms with Crippen LogP contribution in [0, 0.1) is 18.8 Å². The Hall–Kier alpha value is -2.98. The average Bonchev–Trinajstić information content (AvgIpc) is 3.11. The van der Waals surface area contributed by atoms with Crippen LogP contribution >= 0.6 is 0 Å². The number of fused-ring (bicyclic) bond motifs is 1. The molecule has 2 aliphatic rings. The van der Waals surface area contributed by atoms with Crippen molar-refractivity contribution >= 4 is 23.0 Å². The van der Waals surface area contributed by atoms with Gasteiger partial charge in [-0.15, -0.1) is 5.10 Å². The quantitative estimate of drug-likeness (QED) is 0.665. The van der Waals surface area contributed by atoms with Crippen LogP contribution in [0.4, 0.5) is 22.8 Å². The number of aromatic nitrogens is 2. The number of amides is 2. The second kappa shape index (κ2) is 8.75. The molecule has 0 bridgehead atoms. The summed E-state index contributed by atoms with van der Waals surface area (Å²) < 4.78 is 45.5.